The van der Waals surface area contributed by atoms with Crippen LogP contribution in [0.25, 0.3) is 0 Å². The first-order chi connectivity index (χ1) is 9.78. The van der Waals surface area contributed by atoms with E-state index in [0.29, 0.717) is 5.92 Å². The lowest BCUT2D eigenvalue weighted by atomic mass is 10.1. The molecule has 1 fully saturated rings. The zero-order chi connectivity index (χ0) is 13.9. The van der Waals surface area contributed by atoms with Crippen LogP contribution in [0.5, 0.6) is 0 Å². The molecule has 0 spiro atoms. The first-order valence-electron chi connectivity index (χ1n) is 7.27. The van der Waals surface area contributed by atoms with Gasteiger partial charge in [-0.1, -0.05) is 30.7 Å². The van der Waals surface area contributed by atoms with E-state index in [1.165, 1.54) is 29.7 Å². The Hall–Kier alpha value is -1.32. The molecule has 1 aliphatic carbocycles. The molecule has 0 radical (unpaired) electrons. The van der Waals surface area contributed by atoms with Crippen LogP contribution in [0.15, 0.2) is 30.5 Å². The van der Waals surface area contributed by atoms with E-state index in [1.807, 2.05) is 24.4 Å². The molecular weight excluding hydrogens is 270 g/mol. The summed E-state index contributed by atoms with van der Waals surface area (Å²) in [6.45, 7) is 4.84. The molecule has 1 N–H and O–H groups in total. The predicted octanol–water partition coefficient (Wildman–Crippen LogP) is 3.57. The maximum absolute atomic E-state index is 6.06. The average Bonchev–Trinajstić information content (AvgIpc) is 3.19. The van der Waals surface area contributed by atoms with Gasteiger partial charge < -0.3 is 5.32 Å². The molecule has 1 saturated carbocycles. The van der Waals surface area contributed by atoms with Crippen LogP contribution in [0.2, 0.25) is 5.02 Å². The summed E-state index contributed by atoms with van der Waals surface area (Å²) >= 11 is 6.06. The Morgan fingerprint density at radius 1 is 1.40 bits per heavy atom. The van der Waals surface area contributed by atoms with Crippen molar-refractivity contribution >= 4 is 11.6 Å². The van der Waals surface area contributed by atoms with Crippen molar-refractivity contribution in [2.45, 2.75) is 38.8 Å². The van der Waals surface area contributed by atoms with Crippen LogP contribution in [-0.4, -0.2) is 16.3 Å². The molecule has 0 saturated heterocycles. The SMILES string of the molecule is CCNCc1cnn(Cc2cccc(Cl)c2)c1C1CC1. The lowest BCUT2D eigenvalue weighted by Crippen LogP contribution is -2.13. The summed E-state index contributed by atoms with van der Waals surface area (Å²) in [7, 11) is 0. The smallest absolute Gasteiger partial charge is 0.0663 e. The summed E-state index contributed by atoms with van der Waals surface area (Å²) in [5, 5.41) is 8.78. The Morgan fingerprint density at radius 3 is 2.95 bits per heavy atom. The van der Waals surface area contributed by atoms with E-state index in [0.717, 1.165) is 24.7 Å². The highest BCUT2D eigenvalue weighted by Crippen LogP contribution is 2.41. The van der Waals surface area contributed by atoms with Crippen molar-refractivity contribution in [3.63, 3.8) is 0 Å². The largest absolute Gasteiger partial charge is 0.313 e. The molecular formula is C16H20ClN3. The standard InChI is InChI=1S/C16H20ClN3/c1-2-18-9-14-10-19-20(16(14)13-6-7-13)11-12-4-3-5-15(17)8-12/h3-5,8,10,13,18H,2,6-7,9,11H2,1H3. The van der Waals surface area contributed by atoms with Gasteiger partial charge in [0.1, 0.15) is 0 Å². The lowest BCUT2D eigenvalue weighted by molar-refractivity contribution is 0.639. The summed E-state index contributed by atoms with van der Waals surface area (Å²) in [5.41, 5.74) is 3.96. The zero-order valence-electron chi connectivity index (χ0n) is 11.8. The molecule has 2 aromatic rings. The third kappa shape index (κ3) is 3.05. The highest BCUT2D eigenvalue weighted by Gasteiger charge is 2.29. The molecule has 1 aromatic carbocycles. The number of benzene rings is 1. The first-order valence-corrected chi connectivity index (χ1v) is 7.65. The summed E-state index contributed by atoms with van der Waals surface area (Å²) in [6.07, 6.45) is 4.60. The highest BCUT2D eigenvalue weighted by atomic mass is 35.5. The molecule has 4 heteroatoms. The molecule has 1 heterocycles. The van der Waals surface area contributed by atoms with Crippen molar-refractivity contribution < 1.29 is 0 Å². The quantitative estimate of drug-likeness (QED) is 0.881. The van der Waals surface area contributed by atoms with Gasteiger partial charge in [0, 0.05) is 28.7 Å². The number of rotatable bonds is 6. The maximum atomic E-state index is 6.06. The van der Waals surface area contributed by atoms with E-state index in [4.69, 9.17) is 11.6 Å². The van der Waals surface area contributed by atoms with Gasteiger partial charge in [0.25, 0.3) is 0 Å². The number of hydrogen-bond acceptors (Lipinski definition) is 2. The molecule has 20 heavy (non-hydrogen) atoms. The van der Waals surface area contributed by atoms with Gasteiger partial charge in [0.15, 0.2) is 0 Å². The second kappa shape index (κ2) is 5.98. The summed E-state index contributed by atoms with van der Waals surface area (Å²) in [4.78, 5) is 0. The zero-order valence-corrected chi connectivity index (χ0v) is 12.5. The van der Waals surface area contributed by atoms with E-state index in [2.05, 4.69) is 28.1 Å². The molecule has 0 atom stereocenters. The van der Waals surface area contributed by atoms with Crippen LogP contribution in [0.1, 0.15) is 42.5 Å². The Labute approximate surface area is 124 Å². The van der Waals surface area contributed by atoms with Crippen LogP contribution in [-0.2, 0) is 13.1 Å². The van der Waals surface area contributed by atoms with Gasteiger partial charge in [-0.15, -0.1) is 0 Å². The monoisotopic (exact) mass is 289 g/mol. The van der Waals surface area contributed by atoms with Gasteiger partial charge in [-0.3, -0.25) is 4.68 Å². The van der Waals surface area contributed by atoms with Crippen LogP contribution < -0.4 is 5.32 Å². The van der Waals surface area contributed by atoms with E-state index in [-0.39, 0.29) is 0 Å². The van der Waals surface area contributed by atoms with Crippen LogP contribution >= 0.6 is 11.6 Å². The van der Waals surface area contributed by atoms with Gasteiger partial charge in [0.05, 0.1) is 12.7 Å². The third-order valence-corrected chi connectivity index (χ3v) is 3.95. The third-order valence-electron chi connectivity index (χ3n) is 3.71. The fourth-order valence-electron chi connectivity index (χ4n) is 2.59. The van der Waals surface area contributed by atoms with Crippen molar-refractivity contribution in [1.82, 2.24) is 15.1 Å². The first kappa shape index (κ1) is 13.7. The van der Waals surface area contributed by atoms with E-state index in [9.17, 15) is 0 Å². The molecule has 0 unspecified atom stereocenters. The molecule has 0 aliphatic heterocycles. The summed E-state index contributed by atoms with van der Waals surface area (Å²) < 4.78 is 2.15. The Kier molecular flexibility index (Phi) is 4.08. The molecule has 1 aromatic heterocycles. The average molecular weight is 290 g/mol. The van der Waals surface area contributed by atoms with Crippen molar-refractivity contribution in [3.05, 3.63) is 52.3 Å². The van der Waals surface area contributed by atoms with Crippen LogP contribution in [0.3, 0.4) is 0 Å². The molecule has 3 rings (SSSR count). The van der Waals surface area contributed by atoms with Crippen molar-refractivity contribution in [2.75, 3.05) is 6.54 Å². The van der Waals surface area contributed by atoms with E-state index < -0.39 is 0 Å². The molecule has 3 nitrogen and oxygen atoms in total. The van der Waals surface area contributed by atoms with Gasteiger partial charge in [-0.05, 0) is 37.1 Å². The molecule has 0 bridgehead atoms. The van der Waals surface area contributed by atoms with Crippen molar-refractivity contribution in [2.24, 2.45) is 0 Å². The normalized spacial score (nSPS) is 14.7. The highest BCUT2D eigenvalue weighted by molar-refractivity contribution is 6.30. The van der Waals surface area contributed by atoms with Gasteiger partial charge >= 0.3 is 0 Å². The Bertz CT molecular complexity index is 587. The lowest BCUT2D eigenvalue weighted by Gasteiger charge is -2.10. The fourth-order valence-corrected chi connectivity index (χ4v) is 2.81. The minimum Gasteiger partial charge on any atom is -0.313 e. The Morgan fingerprint density at radius 2 is 2.25 bits per heavy atom. The van der Waals surface area contributed by atoms with E-state index in [1.54, 1.807) is 0 Å². The van der Waals surface area contributed by atoms with Gasteiger partial charge in [-0.2, -0.15) is 5.10 Å². The number of halogens is 1. The number of nitrogens with one attached hydrogen (secondary N) is 1. The van der Waals surface area contributed by atoms with Crippen LogP contribution in [0, 0.1) is 0 Å². The molecule has 0 amide bonds. The molecule has 106 valence electrons. The predicted molar refractivity (Wildman–Crippen MR) is 82.1 cm³/mol. The minimum atomic E-state index is 0.699. The second-order valence-electron chi connectivity index (χ2n) is 5.40. The number of nitrogens with zero attached hydrogens (tertiary/aromatic N) is 2. The minimum absolute atomic E-state index is 0.699. The Balaban J connectivity index is 1.83. The van der Waals surface area contributed by atoms with E-state index >= 15 is 0 Å². The van der Waals surface area contributed by atoms with Crippen LogP contribution in [0.4, 0.5) is 0 Å². The molecule has 1 aliphatic rings. The summed E-state index contributed by atoms with van der Waals surface area (Å²) in [6, 6.07) is 8.03. The van der Waals surface area contributed by atoms with Crippen molar-refractivity contribution in [3.8, 4) is 0 Å². The number of hydrogen-bond donors (Lipinski definition) is 1. The second-order valence-corrected chi connectivity index (χ2v) is 5.83. The summed E-state index contributed by atoms with van der Waals surface area (Å²) in [5.74, 6) is 0.699. The van der Waals surface area contributed by atoms with Gasteiger partial charge in [0.2, 0.25) is 0 Å². The maximum Gasteiger partial charge on any atom is 0.0663 e. The van der Waals surface area contributed by atoms with Gasteiger partial charge in [-0.25, -0.2) is 0 Å². The number of aromatic nitrogens is 2. The fraction of sp³-hybridized carbons (Fsp3) is 0.438. The van der Waals surface area contributed by atoms with Crippen molar-refractivity contribution in [1.29, 1.82) is 0 Å². The topological polar surface area (TPSA) is 29.9 Å².